The molecule has 0 N–H and O–H groups in total. The van der Waals surface area contributed by atoms with Crippen LogP contribution in [-0.2, 0) is 0 Å². The molecule has 0 unspecified atom stereocenters. The van der Waals surface area contributed by atoms with Crippen molar-refractivity contribution in [3.63, 3.8) is 0 Å². The number of nitrogens with zero attached hydrogens (tertiary/aromatic N) is 6. The van der Waals surface area contributed by atoms with Gasteiger partial charge < -0.3 is 9.64 Å². The molecular weight excluding hydrogens is 304 g/mol. The topological polar surface area (TPSA) is 67.9 Å². The number of rotatable bonds is 5. The van der Waals surface area contributed by atoms with Gasteiger partial charge in [0.15, 0.2) is 0 Å². The summed E-state index contributed by atoms with van der Waals surface area (Å²) in [5.41, 5.74) is 1.93. The quantitative estimate of drug-likeness (QED) is 0.533. The molecule has 0 aliphatic carbocycles. The number of aromatic nitrogens is 4. The van der Waals surface area contributed by atoms with Crippen LogP contribution in [0.25, 0.3) is 17.9 Å². The van der Waals surface area contributed by atoms with Gasteiger partial charge in [0.2, 0.25) is 0 Å². The van der Waals surface area contributed by atoms with Crippen molar-refractivity contribution in [2.24, 2.45) is 4.99 Å². The molecule has 0 atom stereocenters. The van der Waals surface area contributed by atoms with Crippen LogP contribution in [0.15, 0.2) is 41.5 Å². The molecule has 0 aliphatic heterocycles. The van der Waals surface area contributed by atoms with Crippen LogP contribution in [0.2, 0.25) is 0 Å². The Balaban J connectivity index is 1.89. The fourth-order valence-electron chi connectivity index (χ4n) is 2.05. The number of hydrogen-bond donors (Lipinski definition) is 0. The molecule has 2 aromatic heterocycles. The standard InChI is InChI=1S/C17H18N6O/c1-22(2)12-19-16-20-17-18-11-10-14(23(17)21-16)7-4-13-5-8-15(24-3)9-6-13/h4-12H,1-3H3/b7-4-,19-12?. The lowest BCUT2D eigenvalue weighted by atomic mass is 10.2. The molecule has 1 aromatic carbocycles. The first-order chi connectivity index (χ1) is 11.7. The van der Waals surface area contributed by atoms with Crippen LogP contribution in [0.1, 0.15) is 11.3 Å². The van der Waals surface area contributed by atoms with Crippen LogP contribution < -0.4 is 4.74 Å². The predicted molar refractivity (Wildman–Crippen MR) is 94.5 cm³/mol. The summed E-state index contributed by atoms with van der Waals surface area (Å²) < 4.78 is 6.83. The first kappa shape index (κ1) is 15.7. The SMILES string of the molecule is COc1ccc(/C=C\c2ccnc3nc(N=CN(C)C)nn23)cc1. The molecule has 3 aromatic rings. The minimum atomic E-state index is 0.376. The summed E-state index contributed by atoms with van der Waals surface area (Å²) in [7, 11) is 5.43. The van der Waals surface area contributed by atoms with Crippen LogP contribution >= 0.6 is 0 Å². The van der Waals surface area contributed by atoms with Gasteiger partial charge in [0.05, 0.1) is 19.1 Å². The van der Waals surface area contributed by atoms with Crippen molar-refractivity contribution in [3.05, 3.63) is 47.8 Å². The fraction of sp³-hybridized carbons (Fsp3) is 0.176. The lowest BCUT2D eigenvalue weighted by molar-refractivity contribution is 0.415. The minimum Gasteiger partial charge on any atom is -0.497 e. The van der Waals surface area contributed by atoms with Gasteiger partial charge >= 0.3 is 0 Å². The van der Waals surface area contributed by atoms with Crippen LogP contribution in [0.5, 0.6) is 5.75 Å². The highest BCUT2D eigenvalue weighted by Crippen LogP contribution is 2.15. The lowest BCUT2D eigenvalue weighted by Crippen LogP contribution is -2.07. The Kier molecular flexibility index (Phi) is 4.51. The first-order valence-electron chi connectivity index (χ1n) is 7.40. The number of fused-ring (bicyclic) bond motifs is 1. The van der Waals surface area contributed by atoms with Gasteiger partial charge in [-0.15, -0.1) is 5.10 Å². The Morgan fingerprint density at radius 1 is 1.12 bits per heavy atom. The summed E-state index contributed by atoms with van der Waals surface area (Å²) in [6.45, 7) is 0. The predicted octanol–water partition coefficient (Wildman–Crippen LogP) is 2.52. The van der Waals surface area contributed by atoms with Crippen molar-refractivity contribution in [3.8, 4) is 5.75 Å². The average Bonchev–Trinajstić information content (AvgIpc) is 3.02. The van der Waals surface area contributed by atoms with E-state index in [1.807, 2.05) is 61.5 Å². The zero-order valence-corrected chi connectivity index (χ0v) is 13.8. The normalized spacial score (nSPS) is 11.6. The average molecular weight is 322 g/mol. The molecule has 3 rings (SSSR count). The van der Waals surface area contributed by atoms with Gasteiger partial charge in [-0.3, -0.25) is 0 Å². The molecule has 7 nitrogen and oxygen atoms in total. The molecule has 0 amide bonds. The summed E-state index contributed by atoms with van der Waals surface area (Å²) in [6.07, 6.45) is 7.32. The van der Waals surface area contributed by atoms with E-state index in [0.717, 1.165) is 17.0 Å². The second-order valence-electron chi connectivity index (χ2n) is 5.31. The largest absolute Gasteiger partial charge is 0.497 e. The zero-order valence-electron chi connectivity index (χ0n) is 13.8. The molecule has 7 heteroatoms. The van der Waals surface area contributed by atoms with E-state index in [9.17, 15) is 0 Å². The first-order valence-corrected chi connectivity index (χ1v) is 7.40. The van der Waals surface area contributed by atoms with E-state index in [0.29, 0.717) is 11.7 Å². The molecular formula is C17H18N6O. The van der Waals surface area contributed by atoms with Gasteiger partial charge in [0.25, 0.3) is 11.7 Å². The van der Waals surface area contributed by atoms with Gasteiger partial charge in [-0.05, 0) is 29.8 Å². The highest BCUT2D eigenvalue weighted by atomic mass is 16.5. The van der Waals surface area contributed by atoms with Crippen molar-refractivity contribution < 1.29 is 4.74 Å². The molecule has 122 valence electrons. The van der Waals surface area contributed by atoms with E-state index in [4.69, 9.17) is 4.74 Å². The van der Waals surface area contributed by atoms with Gasteiger partial charge in [-0.1, -0.05) is 18.2 Å². The van der Waals surface area contributed by atoms with Crippen molar-refractivity contribution >= 4 is 30.2 Å². The summed E-state index contributed by atoms with van der Waals surface area (Å²) in [6, 6.07) is 9.70. The fourth-order valence-corrected chi connectivity index (χ4v) is 2.05. The monoisotopic (exact) mass is 322 g/mol. The number of ether oxygens (including phenoxy) is 1. The Morgan fingerprint density at radius 3 is 2.62 bits per heavy atom. The Morgan fingerprint density at radius 2 is 1.92 bits per heavy atom. The van der Waals surface area contributed by atoms with E-state index in [-0.39, 0.29) is 0 Å². The van der Waals surface area contributed by atoms with Crippen LogP contribution in [-0.4, -0.2) is 52.0 Å². The summed E-state index contributed by atoms with van der Waals surface area (Å²) >= 11 is 0. The van der Waals surface area contributed by atoms with Gasteiger partial charge in [-0.2, -0.15) is 9.50 Å². The van der Waals surface area contributed by atoms with Gasteiger partial charge in [0.1, 0.15) is 5.75 Å². The molecule has 2 heterocycles. The van der Waals surface area contributed by atoms with Crippen molar-refractivity contribution in [2.75, 3.05) is 21.2 Å². The smallest absolute Gasteiger partial charge is 0.272 e. The zero-order chi connectivity index (χ0) is 16.9. The summed E-state index contributed by atoms with van der Waals surface area (Å²) in [5, 5.41) is 4.37. The second kappa shape index (κ2) is 6.91. The van der Waals surface area contributed by atoms with E-state index >= 15 is 0 Å². The number of hydrogen-bond acceptors (Lipinski definition) is 5. The third-order valence-corrected chi connectivity index (χ3v) is 3.23. The Bertz CT molecular complexity index is 880. The maximum atomic E-state index is 5.16. The Labute approximate surface area is 140 Å². The highest BCUT2D eigenvalue weighted by Gasteiger charge is 2.05. The maximum Gasteiger partial charge on any atom is 0.272 e. The minimum absolute atomic E-state index is 0.376. The second-order valence-corrected chi connectivity index (χ2v) is 5.31. The third-order valence-electron chi connectivity index (χ3n) is 3.23. The van der Waals surface area contributed by atoms with Crippen molar-refractivity contribution in [1.82, 2.24) is 24.5 Å². The van der Waals surface area contributed by atoms with E-state index in [1.54, 1.807) is 24.2 Å². The van der Waals surface area contributed by atoms with Crippen LogP contribution in [0.4, 0.5) is 5.95 Å². The summed E-state index contributed by atoms with van der Waals surface area (Å²) in [4.78, 5) is 14.5. The van der Waals surface area contributed by atoms with Crippen molar-refractivity contribution in [2.45, 2.75) is 0 Å². The molecule has 0 saturated carbocycles. The summed E-state index contributed by atoms with van der Waals surface area (Å²) in [5.74, 6) is 1.72. The lowest BCUT2D eigenvalue weighted by Gasteiger charge is -2.00. The Hall–Kier alpha value is -3.22. The molecule has 0 aliphatic rings. The van der Waals surface area contributed by atoms with Crippen LogP contribution in [0.3, 0.4) is 0 Å². The molecule has 0 radical (unpaired) electrons. The highest BCUT2D eigenvalue weighted by molar-refractivity contribution is 5.69. The van der Waals surface area contributed by atoms with E-state index in [2.05, 4.69) is 20.1 Å². The molecule has 0 saturated heterocycles. The number of methoxy groups -OCH3 is 1. The third kappa shape index (κ3) is 3.57. The van der Waals surface area contributed by atoms with Crippen molar-refractivity contribution in [1.29, 1.82) is 0 Å². The van der Waals surface area contributed by atoms with Gasteiger partial charge in [0, 0.05) is 20.3 Å². The maximum absolute atomic E-state index is 5.16. The van der Waals surface area contributed by atoms with Gasteiger partial charge in [-0.25, -0.2) is 9.98 Å². The number of benzene rings is 1. The van der Waals surface area contributed by atoms with E-state index < -0.39 is 0 Å². The molecule has 24 heavy (non-hydrogen) atoms. The number of aliphatic imine (C=N–C) groups is 1. The van der Waals surface area contributed by atoms with Crippen LogP contribution in [0, 0.1) is 0 Å². The molecule has 0 spiro atoms. The van der Waals surface area contributed by atoms with E-state index in [1.165, 1.54) is 0 Å². The molecule has 0 bridgehead atoms. The molecule has 0 fully saturated rings.